The zero-order chi connectivity index (χ0) is 18.0. The third kappa shape index (κ3) is 5.67. The molecule has 0 aliphatic heterocycles. The molecule has 0 saturated heterocycles. The van der Waals surface area contributed by atoms with E-state index >= 15 is 0 Å². The highest BCUT2D eigenvalue weighted by Gasteiger charge is 2.03. The number of anilines is 2. The van der Waals surface area contributed by atoms with Gasteiger partial charge in [0.25, 0.3) is 5.91 Å². The Morgan fingerprint density at radius 1 is 0.769 bits per heavy atom. The van der Waals surface area contributed by atoms with Crippen LogP contribution < -0.4 is 15.4 Å². The SMILES string of the molecule is O=C(COc1ccccc1)Nc1ccc(NCCc2ccccc2)cc1. The van der Waals surface area contributed by atoms with Crippen LogP contribution in [0.1, 0.15) is 5.56 Å². The third-order valence-electron chi connectivity index (χ3n) is 3.87. The highest BCUT2D eigenvalue weighted by Crippen LogP contribution is 2.14. The average Bonchev–Trinajstić information content (AvgIpc) is 2.69. The molecule has 0 heterocycles. The predicted octanol–water partition coefficient (Wildman–Crippen LogP) is 4.36. The van der Waals surface area contributed by atoms with Gasteiger partial charge in [-0.3, -0.25) is 4.79 Å². The Balaban J connectivity index is 1.41. The molecule has 0 aromatic heterocycles. The molecule has 2 N–H and O–H groups in total. The molecule has 0 fully saturated rings. The lowest BCUT2D eigenvalue weighted by molar-refractivity contribution is -0.118. The predicted molar refractivity (Wildman–Crippen MR) is 106 cm³/mol. The summed E-state index contributed by atoms with van der Waals surface area (Å²) in [6.07, 6.45) is 0.968. The van der Waals surface area contributed by atoms with Crippen molar-refractivity contribution in [1.82, 2.24) is 0 Å². The summed E-state index contributed by atoms with van der Waals surface area (Å²) in [6.45, 7) is 0.849. The molecule has 3 aromatic carbocycles. The zero-order valence-electron chi connectivity index (χ0n) is 14.5. The first-order valence-corrected chi connectivity index (χ1v) is 8.65. The fraction of sp³-hybridized carbons (Fsp3) is 0.136. The summed E-state index contributed by atoms with van der Waals surface area (Å²) in [7, 11) is 0. The van der Waals surface area contributed by atoms with Gasteiger partial charge in [-0.1, -0.05) is 48.5 Å². The van der Waals surface area contributed by atoms with E-state index in [9.17, 15) is 4.79 Å². The maximum Gasteiger partial charge on any atom is 0.262 e. The number of nitrogens with one attached hydrogen (secondary N) is 2. The first kappa shape index (κ1) is 17.5. The Morgan fingerprint density at radius 2 is 1.38 bits per heavy atom. The van der Waals surface area contributed by atoms with Crippen molar-refractivity contribution in [3.8, 4) is 5.75 Å². The Labute approximate surface area is 153 Å². The Hall–Kier alpha value is -3.27. The summed E-state index contributed by atoms with van der Waals surface area (Å²) in [5.74, 6) is 0.499. The second kappa shape index (κ2) is 9.28. The number of para-hydroxylation sites is 1. The number of ether oxygens (including phenoxy) is 1. The second-order valence-electron chi connectivity index (χ2n) is 5.89. The molecule has 4 nitrogen and oxygen atoms in total. The van der Waals surface area contributed by atoms with Gasteiger partial charge in [0.2, 0.25) is 0 Å². The molecule has 132 valence electrons. The van der Waals surface area contributed by atoms with Gasteiger partial charge < -0.3 is 15.4 Å². The van der Waals surface area contributed by atoms with Crippen LogP contribution in [0.2, 0.25) is 0 Å². The van der Waals surface area contributed by atoms with Crippen molar-refractivity contribution >= 4 is 17.3 Å². The zero-order valence-corrected chi connectivity index (χ0v) is 14.5. The lowest BCUT2D eigenvalue weighted by Crippen LogP contribution is -2.20. The van der Waals surface area contributed by atoms with Crippen LogP contribution in [0, 0.1) is 0 Å². The van der Waals surface area contributed by atoms with Crippen molar-refractivity contribution in [1.29, 1.82) is 0 Å². The van der Waals surface area contributed by atoms with Crippen LogP contribution >= 0.6 is 0 Å². The molecule has 0 unspecified atom stereocenters. The van der Waals surface area contributed by atoms with Gasteiger partial charge in [0.1, 0.15) is 5.75 Å². The minimum atomic E-state index is -0.182. The van der Waals surface area contributed by atoms with Crippen molar-refractivity contribution in [3.05, 3.63) is 90.5 Å². The summed E-state index contributed by atoms with van der Waals surface area (Å²) in [5, 5.41) is 6.21. The second-order valence-corrected chi connectivity index (χ2v) is 5.89. The summed E-state index contributed by atoms with van der Waals surface area (Å²) < 4.78 is 5.43. The molecule has 0 aliphatic carbocycles. The van der Waals surface area contributed by atoms with E-state index in [4.69, 9.17) is 4.74 Å². The average molecular weight is 346 g/mol. The van der Waals surface area contributed by atoms with Crippen molar-refractivity contribution < 1.29 is 9.53 Å². The summed E-state index contributed by atoms with van der Waals surface area (Å²) in [5.41, 5.74) is 3.09. The first-order chi connectivity index (χ1) is 12.8. The topological polar surface area (TPSA) is 50.4 Å². The molecule has 0 aliphatic rings. The Kier molecular flexibility index (Phi) is 6.26. The van der Waals surface area contributed by atoms with Gasteiger partial charge in [-0.2, -0.15) is 0 Å². The normalized spacial score (nSPS) is 10.2. The van der Waals surface area contributed by atoms with Gasteiger partial charge in [0, 0.05) is 17.9 Å². The largest absolute Gasteiger partial charge is 0.484 e. The summed E-state index contributed by atoms with van der Waals surface area (Å²) in [4.78, 5) is 11.9. The van der Waals surface area contributed by atoms with Crippen molar-refractivity contribution in [3.63, 3.8) is 0 Å². The van der Waals surface area contributed by atoms with E-state index in [1.807, 2.05) is 72.8 Å². The smallest absolute Gasteiger partial charge is 0.262 e. The van der Waals surface area contributed by atoms with Gasteiger partial charge in [0.05, 0.1) is 0 Å². The molecule has 0 spiro atoms. The van der Waals surface area contributed by atoms with Crippen LogP contribution in [0.15, 0.2) is 84.9 Å². The molecular weight excluding hydrogens is 324 g/mol. The molecular formula is C22H22N2O2. The highest BCUT2D eigenvalue weighted by atomic mass is 16.5. The van der Waals surface area contributed by atoms with Crippen molar-refractivity contribution in [2.75, 3.05) is 23.8 Å². The number of carbonyl (C=O) groups excluding carboxylic acids is 1. The monoisotopic (exact) mass is 346 g/mol. The van der Waals surface area contributed by atoms with Crippen LogP contribution in [0.25, 0.3) is 0 Å². The molecule has 0 atom stereocenters. The fourth-order valence-electron chi connectivity index (χ4n) is 2.53. The van der Waals surface area contributed by atoms with Crippen LogP contribution in [0.4, 0.5) is 11.4 Å². The van der Waals surface area contributed by atoms with E-state index < -0.39 is 0 Å². The Morgan fingerprint density at radius 3 is 2.08 bits per heavy atom. The first-order valence-electron chi connectivity index (χ1n) is 8.65. The number of carbonyl (C=O) groups is 1. The van der Waals surface area contributed by atoms with E-state index in [0.29, 0.717) is 5.75 Å². The van der Waals surface area contributed by atoms with Gasteiger partial charge in [-0.25, -0.2) is 0 Å². The lowest BCUT2D eigenvalue weighted by atomic mass is 10.1. The molecule has 0 radical (unpaired) electrons. The van der Waals surface area contributed by atoms with E-state index in [0.717, 1.165) is 24.3 Å². The van der Waals surface area contributed by atoms with Crippen LogP contribution in [-0.4, -0.2) is 19.1 Å². The minimum absolute atomic E-state index is 0.0128. The van der Waals surface area contributed by atoms with Gasteiger partial charge >= 0.3 is 0 Å². The summed E-state index contributed by atoms with van der Waals surface area (Å²) >= 11 is 0. The molecule has 3 rings (SSSR count). The lowest BCUT2D eigenvalue weighted by Gasteiger charge is -2.09. The third-order valence-corrected chi connectivity index (χ3v) is 3.87. The molecule has 0 bridgehead atoms. The molecule has 3 aromatic rings. The highest BCUT2D eigenvalue weighted by molar-refractivity contribution is 5.92. The van der Waals surface area contributed by atoms with Gasteiger partial charge in [0.15, 0.2) is 6.61 Å². The van der Waals surface area contributed by atoms with E-state index in [2.05, 4.69) is 22.8 Å². The summed E-state index contributed by atoms with van der Waals surface area (Å²) in [6, 6.07) is 27.3. The van der Waals surface area contributed by atoms with Crippen molar-refractivity contribution in [2.45, 2.75) is 6.42 Å². The number of rotatable bonds is 8. The van der Waals surface area contributed by atoms with Crippen LogP contribution in [-0.2, 0) is 11.2 Å². The minimum Gasteiger partial charge on any atom is -0.484 e. The van der Waals surface area contributed by atoms with Crippen molar-refractivity contribution in [2.24, 2.45) is 0 Å². The standard InChI is InChI=1S/C22H22N2O2/c25-22(17-26-21-9-5-2-6-10-21)24-20-13-11-19(12-14-20)23-16-15-18-7-3-1-4-8-18/h1-14,23H,15-17H2,(H,24,25). The number of hydrogen-bond acceptors (Lipinski definition) is 3. The molecule has 4 heteroatoms. The Bertz CT molecular complexity index is 803. The van der Waals surface area contributed by atoms with E-state index in [-0.39, 0.29) is 12.5 Å². The van der Waals surface area contributed by atoms with Crippen LogP contribution in [0.5, 0.6) is 5.75 Å². The quantitative estimate of drug-likeness (QED) is 0.637. The van der Waals surface area contributed by atoms with E-state index in [1.54, 1.807) is 0 Å². The molecule has 26 heavy (non-hydrogen) atoms. The number of amides is 1. The maximum absolute atomic E-state index is 11.9. The van der Waals surface area contributed by atoms with Gasteiger partial charge in [-0.05, 0) is 48.4 Å². The number of hydrogen-bond donors (Lipinski definition) is 2. The molecule has 1 amide bonds. The fourth-order valence-corrected chi connectivity index (χ4v) is 2.53. The van der Waals surface area contributed by atoms with Crippen LogP contribution in [0.3, 0.4) is 0 Å². The molecule has 0 saturated carbocycles. The van der Waals surface area contributed by atoms with Gasteiger partial charge in [-0.15, -0.1) is 0 Å². The maximum atomic E-state index is 11.9. The number of benzene rings is 3. The van der Waals surface area contributed by atoms with E-state index in [1.165, 1.54) is 5.56 Å².